The molecule has 0 aliphatic rings. The topological polar surface area (TPSA) is 75.5 Å². The van der Waals surface area contributed by atoms with Crippen LogP contribution in [0, 0.1) is 12.8 Å². The van der Waals surface area contributed by atoms with Crippen molar-refractivity contribution >= 4 is 34.6 Å². The summed E-state index contributed by atoms with van der Waals surface area (Å²) in [4.78, 5) is 29.7. The summed E-state index contributed by atoms with van der Waals surface area (Å²) in [5.74, 6) is -0.220. The van der Waals surface area contributed by atoms with Gasteiger partial charge in [-0.3, -0.25) is 14.0 Å². The van der Waals surface area contributed by atoms with E-state index in [0.717, 1.165) is 5.56 Å². The normalized spacial score (nSPS) is 11.0. The first-order valence-electron chi connectivity index (χ1n) is 8.69. The largest absolute Gasteiger partial charge is 0.349 e. The lowest BCUT2D eigenvalue weighted by molar-refractivity contribution is 0.0938. The zero-order chi connectivity index (χ0) is 19.6. The highest BCUT2D eigenvalue weighted by Gasteiger charge is 2.22. The number of aromatic nitrogens is 2. The van der Waals surface area contributed by atoms with Gasteiger partial charge in [0.25, 0.3) is 11.8 Å². The van der Waals surface area contributed by atoms with Crippen molar-refractivity contribution in [1.82, 2.24) is 14.7 Å². The number of hydrogen-bond acceptors (Lipinski definition) is 3. The Morgan fingerprint density at radius 3 is 2.70 bits per heavy atom. The number of hydrogen-bond donors (Lipinski definition) is 2. The molecule has 6 nitrogen and oxygen atoms in total. The van der Waals surface area contributed by atoms with Crippen molar-refractivity contribution < 1.29 is 9.59 Å². The molecule has 0 unspecified atom stereocenters. The predicted octanol–water partition coefficient (Wildman–Crippen LogP) is 3.93. The Bertz CT molecular complexity index is 1010. The molecule has 2 aromatic heterocycles. The third-order valence-corrected chi connectivity index (χ3v) is 4.32. The first kappa shape index (κ1) is 18.9. The fourth-order valence-electron chi connectivity index (χ4n) is 2.65. The summed E-state index contributed by atoms with van der Waals surface area (Å²) in [5, 5.41) is 6.20. The summed E-state index contributed by atoms with van der Waals surface area (Å²) in [6.45, 7) is 6.43. The van der Waals surface area contributed by atoms with Crippen LogP contribution < -0.4 is 10.6 Å². The quantitative estimate of drug-likeness (QED) is 0.699. The fourth-order valence-corrected chi connectivity index (χ4v) is 2.82. The van der Waals surface area contributed by atoms with E-state index in [1.807, 2.05) is 26.8 Å². The molecule has 0 saturated heterocycles. The molecule has 2 amide bonds. The minimum absolute atomic E-state index is 0.180. The van der Waals surface area contributed by atoms with Crippen molar-refractivity contribution in [3.05, 3.63) is 64.7 Å². The van der Waals surface area contributed by atoms with E-state index in [1.54, 1.807) is 40.9 Å². The molecule has 1 aromatic carbocycles. The maximum atomic E-state index is 12.8. The highest BCUT2D eigenvalue weighted by atomic mass is 35.5. The number of aryl methyl sites for hydroxylation is 1. The highest BCUT2D eigenvalue weighted by Crippen LogP contribution is 2.22. The number of amides is 2. The van der Waals surface area contributed by atoms with E-state index in [-0.39, 0.29) is 17.4 Å². The van der Waals surface area contributed by atoms with E-state index in [2.05, 4.69) is 15.6 Å². The molecule has 0 saturated carbocycles. The Balaban J connectivity index is 1.95. The summed E-state index contributed by atoms with van der Waals surface area (Å²) < 4.78 is 1.62. The number of pyridine rings is 1. The SMILES string of the molecule is Cc1ccc(Cl)cc1NC(=O)c1nc(C(=O)NCC(C)C)n2ccccc12. The van der Waals surface area contributed by atoms with E-state index >= 15 is 0 Å². The lowest BCUT2D eigenvalue weighted by Crippen LogP contribution is -2.29. The molecule has 3 rings (SSSR count). The van der Waals surface area contributed by atoms with Crippen molar-refractivity contribution in [3.8, 4) is 0 Å². The van der Waals surface area contributed by atoms with Crippen molar-refractivity contribution in [3.63, 3.8) is 0 Å². The standard InChI is InChI=1S/C20H21ClN4O2/c1-12(2)11-22-20(27)18-24-17(16-6-4-5-9-25(16)18)19(26)23-15-10-14(21)8-7-13(15)3/h4-10,12H,11H2,1-3H3,(H,22,27)(H,23,26). The minimum atomic E-state index is -0.396. The van der Waals surface area contributed by atoms with Gasteiger partial charge in [0.2, 0.25) is 5.82 Å². The van der Waals surface area contributed by atoms with Gasteiger partial charge in [-0.05, 0) is 42.7 Å². The van der Waals surface area contributed by atoms with Gasteiger partial charge in [-0.2, -0.15) is 0 Å². The minimum Gasteiger partial charge on any atom is -0.349 e. The van der Waals surface area contributed by atoms with Gasteiger partial charge in [0.05, 0.1) is 5.52 Å². The summed E-state index contributed by atoms with van der Waals surface area (Å²) in [6, 6.07) is 10.6. The third-order valence-electron chi connectivity index (χ3n) is 4.09. The molecule has 0 fully saturated rings. The molecular weight excluding hydrogens is 364 g/mol. The molecule has 2 heterocycles. The average Bonchev–Trinajstić information content (AvgIpc) is 3.02. The maximum Gasteiger partial charge on any atom is 0.287 e. The molecule has 0 spiro atoms. The van der Waals surface area contributed by atoms with Crippen LogP contribution in [0.5, 0.6) is 0 Å². The number of nitrogens with zero attached hydrogens (tertiary/aromatic N) is 2. The van der Waals surface area contributed by atoms with Crippen LogP contribution in [0.1, 0.15) is 40.5 Å². The van der Waals surface area contributed by atoms with Crippen LogP contribution in [-0.2, 0) is 0 Å². The number of benzene rings is 1. The van der Waals surface area contributed by atoms with Gasteiger partial charge in [0, 0.05) is 23.5 Å². The molecule has 0 aliphatic heterocycles. The van der Waals surface area contributed by atoms with Crippen molar-refractivity contribution in [2.24, 2.45) is 5.92 Å². The van der Waals surface area contributed by atoms with Gasteiger partial charge in [0.1, 0.15) is 0 Å². The number of fused-ring (bicyclic) bond motifs is 1. The second-order valence-electron chi connectivity index (χ2n) is 6.76. The summed E-state index contributed by atoms with van der Waals surface area (Å²) in [5.41, 5.74) is 2.23. The Morgan fingerprint density at radius 1 is 1.19 bits per heavy atom. The predicted molar refractivity (Wildman–Crippen MR) is 107 cm³/mol. The molecule has 3 aromatic rings. The summed E-state index contributed by atoms with van der Waals surface area (Å²) >= 11 is 6.02. The fraction of sp³-hybridized carbons (Fsp3) is 0.250. The average molecular weight is 385 g/mol. The maximum absolute atomic E-state index is 12.8. The zero-order valence-electron chi connectivity index (χ0n) is 15.4. The number of anilines is 1. The van der Waals surface area contributed by atoms with Crippen LogP contribution >= 0.6 is 11.6 Å². The number of nitrogens with one attached hydrogen (secondary N) is 2. The van der Waals surface area contributed by atoms with E-state index in [0.29, 0.717) is 28.7 Å². The van der Waals surface area contributed by atoms with Gasteiger partial charge in [-0.25, -0.2) is 4.98 Å². The van der Waals surface area contributed by atoms with Crippen molar-refractivity contribution in [2.75, 3.05) is 11.9 Å². The van der Waals surface area contributed by atoms with Crippen molar-refractivity contribution in [2.45, 2.75) is 20.8 Å². The third kappa shape index (κ3) is 4.11. The van der Waals surface area contributed by atoms with Crippen LogP contribution in [0.3, 0.4) is 0 Å². The number of halogens is 1. The molecule has 140 valence electrons. The second-order valence-corrected chi connectivity index (χ2v) is 7.19. The van der Waals surface area contributed by atoms with Crippen LogP contribution in [0.15, 0.2) is 42.6 Å². The van der Waals surface area contributed by atoms with Crippen LogP contribution in [-0.4, -0.2) is 27.7 Å². The van der Waals surface area contributed by atoms with E-state index in [4.69, 9.17) is 11.6 Å². The molecule has 0 bridgehead atoms. The number of carbonyl (C=O) groups is 2. The van der Waals surface area contributed by atoms with Gasteiger partial charge >= 0.3 is 0 Å². The van der Waals surface area contributed by atoms with Gasteiger partial charge in [-0.1, -0.05) is 37.6 Å². The smallest absolute Gasteiger partial charge is 0.287 e. The van der Waals surface area contributed by atoms with Crippen LogP contribution in [0.2, 0.25) is 5.02 Å². The number of rotatable bonds is 5. The summed E-state index contributed by atoms with van der Waals surface area (Å²) in [6.07, 6.45) is 1.72. The number of carbonyl (C=O) groups excluding carboxylic acids is 2. The molecule has 7 heteroatoms. The zero-order valence-corrected chi connectivity index (χ0v) is 16.2. The molecule has 0 atom stereocenters. The van der Waals surface area contributed by atoms with E-state index in [1.165, 1.54) is 0 Å². The molecule has 0 aliphatic carbocycles. The van der Waals surface area contributed by atoms with Gasteiger partial charge < -0.3 is 10.6 Å². The molecular formula is C20H21ClN4O2. The lowest BCUT2D eigenvalue weighted by atomic mass is 10.2. The van der Waals surface area contributed by atoms with E-state index in [9.17, 15) is 9.59 Å². The first-order valence-corrected chi connectivity index (χ1v) is 9.07. The second kappa shape index (κ2) is 7.80. The van der Waals surface area contributed by atoms with Crippen molar-refractivity contribution in [1.29, 1.82) is 0 Å². The molecule has 2 N–H and O–H groups in total. The van der Waals surface area contributed by atoms with Gasteiger partial charge in [-0.15, -0.1) is 0 Å². The Morgan fingerprint density at radius 2 is 1.96 bits per heavy atom. The summed E-state index contributed by atoms with van der Waals surface area (Å²) in [7, 11) is 0. The van der Waals surface area contributed by atoms with E-state index < -0.39 is 5.91 Å². The number of imidazole rings is 1. The molecule has 0 radical (unpaired) electrons. The highest BCUT2D eigenvalue weighted by molar-refractivity contribution is 6.31. The van der Waals surface area contributed by atoms with Crippen LogP contribution in [0.25, 0.3) is 5.52 Å². The first-order chi connectivity index (χ1) is 12.9. The Hall–Kier alpha value is -2.86. The van der Waals surface area contributed by atoms with Crippen LogP contribution in [0.4, 0.5) is 5.69 Å². The Kier molecular flexibility index (Phi) is 5.46. The molecule has 27 heavy (non-hydrogen) atoms. The lowest BCUT2D eigenvalue weighted by Gasteiger charge is -2.07. The Labute approximate surface area is 162 Å². The van der Waals surface area contributed by atoms with Gasteiger partial charge in [0.15, 0.2) is 5.69 Å². The monoisotopic (exact) mass is 384 g/mol.